The van der Waals surface area contributed by atoms with Crippen molar-refractivity contribution < 1.29 is 58.6 Å². The summed E-state index contributed by atoms with van der Waals surface area (Å²) in [6.07, 6.45) is -1.94. The molecule has 44 heavy (non-hydrogen) atoms. The number of aliphatic imine (C=N–C) groups is 1. The number of carbonyl (C=O) groups excluding carboxylic acids is 3. The van der Waals surface area contributed by atoms with Crippen molar-refractivity contribution in [3.05, 3.63) is 60.7 Å². The van der Waals surface area contributed by atoms with Crippen LogP contribution in [0, 0.1) is 18.8 Å². The van der Waals surface area contributed by atoms with Gasteiger partial charge in [-0.1, -0.05) is 0 Å². The monoisotopic (exact) mass is 730 g/mol. The van der Waals surface area contributed by atoms with E-state index in [4.69, 9.17) is 14.2 Å². The molecule has 0 spiro atoms. The van der Waals surface area contributed by atoms with Gasteiger partial charge in [0, 0.05) is 0 Å². The Bertz CT molecular complexity index is 1390. The van der Waals surface area contributed by atoms with Crippen LogP contribution in [0.25, 0.3) is 0 Å². The molecule has 2 aromatic carbocycles. The summed E-state index contributed by atoms with van der Waals surface area (Å²) in [5.41, 5.74) is -1.90. The number of hydrogen-bond donors (Lipinski definition) is 0. The van der Waals surface area contributed by atoms with Crippen molar-refractivity contribution in [3.8, 4) is 5.75 Å². The van der Waals surface area contributed by atoms with Gasteiger partial charge in [0.2, 0.25) is 0 Å². The molecule has 1 heterocycles. The molecule has 0 aromatic heterocycles. The summed E-state index contributed by atoms with van der Waals surface area (Å²) < 4.78 is 48.0. The molecule has 1 fully saturated rings. The van der Waals surface area contributed by atoms with Gasteiger partial charge in [-0.15, -0.1) is 0 Å². The zero-order valence-corrected chi connectivity index (χ0v) is 28.6. The van der Waals surface area contributed by atoms with E-state index in [0.717, 1.165) is 14.5 Å². The Hall–Kier alpha value is -3.69. The van der Waals surface area contributed by atoms with Gasteiger partial charge < -0.3 is 0 Å². The first-order chi connectivity index (χ1) is 20.4. The Balaban J connectivity index is 2.11. The third-order valence-electron chi connectivity index (χ3n) is 5.84. The summed E-state index contributed by atoms with van der Waals surface area (Å²) in [5, 5.41) is 0. The minimum atomic E-state index is -1.30. The number of nitrogens with zero attached hydrogens (tertiary/aromatic N) is 5. The van der Waals surface area contributed by atoms with Crippen LogP contribution < -0.4 is 25.9 Å². The summed E-state index contributed by atoms with van der Waals surface area (Å²) in [6.45, 7) is 9.39. The van der Waals surface area contributed by atoms with Crippen molar-refractivity contribution in [1.29, 1.82) is 0 Å². The topological polar surface area (TPSA) is 104 Å². The molecule has 11 nitrogen and oxygen atoms in total. The second-order valence-electron chi connectivity index (χ2n) is 12.0. The molecule has 0 saturated carbocycles. The zero-order chi connectivity index (χ0) is 33.0. The second kappa shape index (κ2) is 13.9. The molecule has 3 rings (SSSR count). The molecule has 0 N–H and O–H groups in total. The number of hydrogen-bond acceptors (Lipinski definition) is 6. The molecule has 0 aliphatic carbocycles. The van der Waals surface area contributed by atoms with Crippen molar-refractivity contribution in [3.63, 3.8) is 0 Å². The average Bonchev–Trinajstić information content (AvgIpc) is 2.90. The number of ether oxygens (including phenoxy) is 3. The predicted molar refractivity (Wildman–Crippen MR) is 155 cm³/mol. The zero-order valence-electron chi connectivity index (χ0n) is 26.4. The Morgan fingerprint density at radius 3 is 2.02 bits per heavy atom. The summed E-state index contributed by atoms with van der Waals surface area (Å²) in [7, 11) is 4.62. The minimum absolute atomic E-state index is 0.0212. The van der Waals surface area contributed by atoms with Gasteiger partial charge in [-0.25, -0.2) is 0 Å². The third kappa shape index (κ3) is 9.40. The summed E-state index contributed by atoms with van der Waals surface area (Å²) in [6, 6.07) is 9.04. The molecule has 1 aliphatic heterocycles. The van der Waals surface area contributed by atoms with Gasteiger partial charge in [0.25, 0.3) is 0 Å². The summed E-state index contributed by atoms with van der Waals surface area (Å²) in [5.74, 6) is -1.14. The number of amides is 4. The van der Waals surface area contributed by atoms with Gasteiger partial charge in [-0.05, 0) is 0 Å². The van der Waals surface area contributed by atoms with E-state index in [2.05, 4.69) is 4.99 Å². The number of carbonyl (C=O) groups is 3. The molecular weight excluding hydrogens is 691 g/mol. The number of halogens is 3. The first-order valence-corrected chi connectivity index (χ1v) is 15.8. The van der Waals surface area contributed by atoms with Crippen LogP contribution in [-0.4, -0.2) is 89.5 Å². The fourth-order valence-electron chi connectivity index (χ4n) is 3.99. The van der Waals surface area contributed by atoms with Gasteiger partial charge in [0.05, 0.1) is 0 Å². The maximum atomic E-state index is 16.1. The van der Waals surface area contributed by atoms with Gasteiger partial charge in [0.1, 0.15) is 0 Å². The molecular formula is C30H39F2IN5O6-. The number of rotatable bonds is 5. The predicted octanol–water partition coefficient (Wildman–Crippen LogP) is 2.34. The van der Waals surface area contributed by atoms with E-state index < -0.39 is 62.8 Å². The van der Waals surface area contributed by atoms with E-state index in [9.17, 15) is 14.4 Å². The molecule has 0 unspecified atom stereocenters. The van der Waals surface area contributed by atoms with Crippen LogP contribution in [0.3, 0.4) is 0 Å². The van der Waals surface area contributed by atoms with E-state index in [1.54, 1.807) is 79.9 Å². The van der Waals surface area contributed by atoms with Gasteiger partial charge in [-0.2, -0.15) is 0 Å². The van der Waals surface area contributed by atoms with Gasteiger partial charge >= 0.3 is 268 Å². The number of methoxy groups -OCH3 is 1. The Kier molecular flexibility index (Phi) is 11.0. The molecule has 0 atom stereocenters. The van der Waals surface area contributed by atoms with Crippen LogP contribution in [0.2, 0.25) is 0 Å². The molecule has 0 bridgehead atoms. The molecule has 242 valence electrons. The van der Waals surface area contributed by atoms with E-state index in [1.807, 2.05) is 0 Å². The van der Waals surface area contributed by atoms with Crippen molar-refractivity contribution in [2.45, 2.75) is 59.3 Å². The first kappa shape index (κ1) is 34.8. The molecule has 2 aromatic rings. The normalized spacial score (nSPS) is 14.6. The SMILES string of the molecule is COc1ccc([I-]c2c(F)ccc(CN(C(=O)OC(C)(C)C)C(=NC(=O)OC(C)(C)C)N3CN(C)C(=O)N(C)C3)c2F)cc1. The van der Waals surface area contributed by atoms with Crippen LogP contribution in [0.5, 0.6) is 5.75 Å². The Morgan fingerprint density at radius 1 is 0.932 bits per heavy atom. The summed E-state index contributed by atoms with van der Waals surface area (Å²) in [4.78, 5) is 48.5. The molecule has 1 saturated heterocycles. The fraction of sp³-hybridized carbons (Fsp3) is 0.467. The van der Waals surface area contributed by atoms with Crippen molar-refractivity contribution in [2.75, 3.05) is 34.5 Å². The fourth-order valence-corrected chi connectivity index (χ4v) is 6.35. The number of urea groups is 1. The number of benzene rings is 2. The summed E-state index contributed by atoms with van der Waals surface area (Å²) >= 11 is -1.30. The van der Waals surface area contributed by atoms with Crippen LogP contribution in [-0.2, 0) is 16.0 Å². The molecule has 14 heteroatoms. The van der Waals surface area contributed by atoms with Crippen LogP contribution in [0.4, 0.5) is 23.2 Å². The number of guanidine groups is 1. The van der Waals surface area contributed by atoms with Gasteiger partial charge in [0.15, 0.2) is 0 Å². The van der Waals surface area contributed by atoms with Crippen LogP contribution in [0.15, 0.2) is 41.4 Å². The van der Waals surface area contributed by atoms with E-state index in [1.165, 1.54) is 27.9 Å². The van der Waals surface area contributed by atoms with E-state index >= 15 is 8.78 Å². The first-order valence-electron chi connectivity index (χ1n) is 13.7. The van der Waals surface area contributed by atoms with Crippen LogP contribution in [0.1, 0.15) is 47.1 Å². The average molecular weight is 731 g/mol. The second-order valence-corrected chi connectivity index (χ2v) is 14.9. The van der Waals surface area contributed by atoms with Gasteiger partial charge in [-0.3, -0.25) is 0 Å². The quantitative estimate of drug-likeness (QED) is 0.202. The Morgan fingerprint density at radius 2 is 1.50 bits per heavy atom. The van der Waals surface area contributed by atoms with E-state index in [0.29, 0.717) is 5.75 Å². The maximum absolute atomic E-state index is 16.1. The van der Waals surface area contributed by atoms with Crippen molar-refractivity contribution >= 4 is 24.2 Å². The molecule has 1 aliphatic rings. The van der Waals surface area contributed by atoms with Crippen molar-refractivity contribution in [1.82, 2.24) is 19.6 Å². The Labute approximate surface area is 267 Å². The molecule has 4 amide bonds. The van der Waals surface area contributed by atoms with Crippen molar-refractivity contribution in [2.24, 2.45) is 4.99 Å². The molecule has 0 radical (unpaired) electrons. The van der Waals surface area contributed by atoms with E-state index in [-0.39, 0.29) is 34.5 Å². The van der Waals surface area contributed by atoms with Crippen LogP contribution >= 0.6 is 0 Å². The third-order valence-corrected chi connectivity index (χ3v) is 8.71. The standard InChI is InChI=1S/C30H39F2IN5O6/c1-29(2,3)43-26(39)34-25(37-17-35(7)27(40)36(8)18-37)38(28(41)44-30(4,5)6)16-19-10-15-22(31)24(23(19)32)33-20-11-13-21(42-9)14-12-20/h10-15H,16-18H2,1-9H3/q-1.